The first-order chi connectivity index (χ1) is 16.1. The predicted octanol–water partition coefficient (Wildman–Crippen LogP) is 8.34. The highest BCUT2D eigenvalue weighted by Gasteiger charge is 2.51. The largest absolute Gasteiger partial charge is 0.494 e. The van der Waals surface area contributed by atoms with E-state index in [1.807, 2.05) is 0 Å². The monoisotopic (exact) mass is 679 g/mol. The molecule has 1 aliphatic heterocycles. The Morgan fingerprint density at radius 1 is 0.765 bits per heavy atom. The molecule has 6 heteroatoms. The van der Waals surface area contributed by atoms with Gasteiger partial charge in [0, 0.05) is 24.6 Å². The van der Waals surface area contributed by atoms with Gasteiger partial charge in [0.2, 0.25) is 0 Å². The van der Waals surface area contributed by atoms with Gasteiger partial charge < -0.3 is 14.2 Å². The maximum Gasteiger partial charge on any atom is 0.494 e. The number of nitrogens with zero attached hydrogens (tertiary/aromatic N) is 1. The van der Waals surface area contributed by atoms with Gasteiger partial charge in [0.1, 0.15) is 0 Å². The second kappa shape index (κ2) is 10.5. The average Bonchev–Trinajstić information content (AvgIpc) is 3.03. The summed E-state index contributed by atoms with van der Waals surface area (Å²) in [6.45, 7) is 10.6. The Morgan fingerprint density at radius 2 is 1.21 bits per heavy atom. The summed E-state index contributed by atoms with van der Waals surface area (Å²) >= 11 is 4.90. The van der Waals surface area contributed by atoms with E-state index in [9.17, 15) is 0 Å². The quantitative estimate of drug-likeness (QED) is 0.143. The van der Waals surface area contributed by atoms with E-state index in [4.69, 9.17) is 9.31 Å². The van der Waals surface area contributed by atoms with Gasteiger partial charge in [-0.2, -0.15) is 0 Å². The number of rotatable bonds is 7. The molecule has 3 aromatic carbocycles. The first-order valence-electron chi connectivity index (χ1n) is 11.9. The Morgan fingerprint density at radius 3 is 1.68 bits per heavy atom. The van der Waals surface area contributed by atoms with Gasteiger partial charge in [-0.3, -0.25) is 0 Å². The van der Waals surface area contributed by atoms with Crippen LogP contribution in [0.2, 0.25) is 0 Å². The number of hydrogen-bond donors (Lipinski definition) is 0. The fourth-order valence-electron chi connectivity index (χ4n) is 4.05. The molecule has 178 valence electrons. The van der Waals surface area contributed by atoms with Crippen molar-refractivity contribution in [2.24, 2.45) is 0 Å². The van der Waals surface area contributed by atoms with Crippen LogP contribution in [0.1, 0.15) is 56.9 Å². The fourth-order valence-corrected chi connectivity index (χ4v) is 5.45. The molecule has 0 N–H and O–H groups in total. The van der Waals surface area contributed by atoms with Gasteiger partial charge in [0.05, 0.1) is 11.2 Å². The summed E-state index contributed by atoms with van der Waals surface area (Å²) in [5.41, 5.74) is 5.11. The Balaban J connectivity index is 1.66. The minimum atomic E-state index is -0.357. The summed E-state index contributed by atoms with van der Waals surface area (Å²) in [4.78, 5) is 2.30. The summed E-state index contributed by atoms with van der Waals surface area (Å²) in [7, 11) is -0.357. The second-order valence-corrected chi connectivity index (χ2v) is 12.6. The molecule has 0 aromatic heterocycles. The van der Waals surface area contributed by atoms with Crippen LogP contribution in [0, 0.1) is 3.57 Å². The van der Waals surface area contributed by atoms with Crippen LogP contribution in [-0.2, 0) is 9.31 Å². The molecule has 0 radical (unpaired) electrons. The van der Waals surface area contributed by atoms with Crippen molar-refractivity contribution < 1.29 is 9.31 Å². The summed E-state index contributed by atoms with van der Waals surface area (Å²) < 4.78 is 14.3. The molecule has 3 aromatic rings. The lowest BCUT2D eigenvalue weighted by Gasteiger charge is -2.32. The Bertz CT molecular complexity index is 1080. The molecule has 0 bridgehead atoms. The summed E-state index contributed by atoms with van der Waals surface area (Å²) in [5.74, 6) is 0. The molecule has 1 saturated heterocycles. The first kappa shape index (κ1) is 26.0. The lowest BCUT2D eigenvalue weighted by molar-refractivity contribution is 0.00578. The third-order valence-corrected chi connectivity index (χ3v) is 8.88. The van der Waals surface area contributed by atoms with Crippen LogP contribution in [-0.4, -0.2) is 18.3 Å². The molecule has 1 aliphatic rings. The van der Waals surface area contributed by atoms with Crippen molar-refractivity contribution in [3.05, 3.63) is 81.9 Å². The molecule has 1 heterocycles. The highest BCUT2D eigenvalue weighted by Crippen LogP contribution is 2.38. The minimum Gasteiger partial charge on any atom is -0.399 e. The molecule has 0 amide bonds. The van der Waals surface area contributed by atoms with Crippen molar-refractivity contribution in [1.29, 1.82) is 0 Å². The molecule has 4 rings (SSSR count). The maximum absolute atomic E-state index is 6.25. The highest BCUT2D eigenvalue weighted by atomic mass is 127. The fraction of sp³-hybridized carbons (Fsp3) is 0.357. The van der Waals surface area contributed by atoms with Crippen LogP contribution in [0.25, 0.3) is 0 Å². The maximum atomic E-state index is 6.25. The molecule has 34 heavy (non-hydrogen) atoms. The molecule has 0 spiro atoms. The first-order valence-corrected chi connectivity index (χ1v) is 14.2. The van der Waals surface area contributed by atoms with Crippen LogP contribution in [0.5, 0.6) is 0 Å². The van der Waals surface area contributed by atoms with Crippen LogP contribution >= 0.6 is 45.2 Å². The SMILES string of the molecule is CCCC(I)c1ccc(N(c2ccc(I)cc2)c2ccc(B3OC(C)(C)C(C)(C)O3)cc2)cc1. The van der Waals surface area contributed by atoms with Gasteiger partial charge >= 0.3 is 7.12 Å². The van der Waals surface area contributed by atoms with Gasteiger partial charge in [-0.15, -0.1) is 0 Å². The van der Waals surface area contributed by atoms with Crippen molar-refractivity contribution in [2.45, 2.75) is 62.6 Å². The van der Waals surface area contributed by atoms with E-state index in [-0.39, 0.29) is 18.3 Å². The Labute approximate surface area is 232 Å². The standard InChI is InChI=1S/C28H32BI2NO2/c1-6-7-26(31)20-8-14-23(15-9-20)32(25-18-12-22(30)13-19-25)24-16-10-21(11-17-24)29-33-27(2,3)28(4,5)34-29/h8-19,26H,6-7H2,1-5H3. The second-order valence-electron chi connectivity index (χ2n) is 9.84. The van der Waals surface area contributed by atoms with E-state index in [0.29, 0.717) is 3.92 Å². The van der Waals surface area contributed by atoms with Crippen molar-refractivity contribution in [3.63, 3.8) is 0 Å². The molecule has 0 aliphatic carbocycles. The number of alkyl halides is 1. The molecule has 3 nitrogen and oxygen atoms in total. The molecule has 1 unspecified atom stereocenters. The Kier molecular flexibility index (Phi) is 8.01. The van der Waals surface area contributed by atoms with Crippen LogP contribution in [0.15, 0.2) is 72.8 Å². The van der Waals surface area contributed by atoms with E-state index in [2.05, 4.69) is 157 Å². The average molecular weight is 679 g/mol. The van der Waals surface area contributed by atoms with E-state index < -0.39 is 0 Å². The van der Waals surface area contributed by atoms with Crippen molar-refractivity contribution >= 4 is 74.8 Å². The summed E-state index contributed by atoms with van der Waals surface area (Å²) in [6, 6.07) is 26.2. The van der Waals surface area contributed by atoms with Crippen molar-refractivity contribution in [1.82, 2.24) is 0 Å². The van der Waals surface area contributed by atoms with E-state index in [1.54, 1.807) is 0 Å². The number of benzene rings is 3. The zero-order valence-corrected chi connectivity index (χ0v) is 24.8. The van der Waals surface area contributed by atoms with Gasteiger partial charge in [0.15, 0.2) is 0 Å². The van der Waals surface area contributed by atoms with Gasteiger partial charge in [0.25, 0.3) is 0 Å². The Hall–Kier alpha value is -1.10. The lowest BCUT2D eigenvalue weighted by atomic mass is 9.79. The van der Waals surface area contributed by atoms with Crippen LogP contribution in [0.4, 0.5) is 17.1 Å². The lowest BCUT2D eigenvalue weighted by Crippen LogP contribution is -2.41. The smallest absolute Gasteiger partial charge is 0.399 e. The predicted molar refractivity (Wildman–Crippen MR) is 161 cm³/mol. The number of halogens is 2. The zero-order valence-electron chi connectivity index (χ0n) is 20.5. The number of hydrogen-bond acceptors (Lipinski definition) is 3. The minimum absolute atomic E-state index is 0.348. The molecule has 1 atom stereocenters. The third kappa shape index (κ3) is 5.50. The van der Waals surface area contributed by atoms with Gasteiger partial charge in [-0.25, -0.2) is 0 Å². The highest BCUT2D eigenvalue weighted by molar-refractivity contribution is 14.1. The van der Waals surface area contributed by atoms with Crippen molar-refractivity contribution in [2.75, 3.05) is 4.90 Å². The summed E-state index contributed by atoms with van der Waals surface area (Å²) in [6.07, 6.45) is 2.39. The molecular formula is C28H32BI2NO2. The summed E-state index contributed by atoms with van der Waals surface area (Å²) in [5, 5.41) is 0. The van der Waals surface area contributed by atoms with E-state index in [0.717, 1.165) is 22.5 Å². The van der Waals surface area contributed by atoms with Crippen LogP contribution in [0.3, 0.4) is 0 Å². The van der Waals surface area contributed by atoms with E-state index >= 15 is 0 Å². The third-order valence-electron chi connectivity index (χ3n) is 6.82. The van der Waals surface area contributed by atoms with E-state index in [1.165, 1.54) is 22.0 Å². The normalized spacial score (nSPS) is 17.6. The topological polar surface area (TPSA) is 21.7 Å². The number of anilines is 3. The molecular weight excluding hydrogens is 647 g/mol. The molecule has 0 saturated carbocycles. The van der Waals surface area contributed by atoms with Gasteiger partial charge in [-0.1, -0.05) is 60.2 Å². The zero-order chi connectivity index (χ0) is 24.5. The molecule has 1 fully saturated rings. The van der Waals surface area contributed by atoms with Crippen LogP contribution < -0.4 is 10.4 Å². The van der Waals surface area contributed by atoms with Gasteiger partial charge in [-0.05, 0) is 116 Å². The van der Waals surface area contributed by atoms with Crippen molar-refractivity contribution in [3.8, 4) is 0 Å².